The summed E-state index contributed by atoms with van der Waals surface area (Å²) in [5.41, 5.74) is 1.18. The van der Waals surface area contributed by atoms with Gasteiger partial charge in [0, 0.05) is 11.8 Å². The highest BCUT2D eigenvalue weighted by molar-refractivity contribution is 7.18. The maximum atomic E-state index is 12.9. The predicted molar refractivity (Wildman–Crippen MR) is 102 cm³/mol. The zero-order valence-corrected chi connectivity index (χ0v) is 14.8. The number of carbonyl (C=O) groups excluding carboxylic acids is 2. The minimum atomic E-state index is -0.299. The second kappa shape index (κ2) is 7.35. The fraction of sp³-hybridized carbons (Fsp3) is 0. The third kappa shape index (κ3) is 3.54. The average molecular weight is 375 g/mol. The van der Waals surface area contributed by atoms with E-state index in [9.17, 15) is 9.59 Å². The van der Waals surface area contributed by atoms with Crippen LogP contribution in [0.4, 0.5) is 5.13 Å². The van der Waals surface area contributed by atoms with Gasteiger partial charge < -0.3 is 4.42 Å². The number of nitrogens with one attached hydrogen (secondary N) is 1. The minimum Gasteiger partial charge on any atom is -0.463 e. The number of hydrogen-bond acceptors (Lipinski definition) is 6. The molecule has 0 aliphatic rings. The molecular weight excluding hydrogens is 362 g/mol. The molecular formula is C20H13N3O3S. The molecule has 0 bridgehead atoms. The molecule has 0 aliphatic heterocycles. The molecule has 3 heterocycles. The van der Waals surface area contributed by atoms with Crippen LogP contribution in [0, 0.1) is 0 Å². The van der Waals surface area contributed by atoms with Crippen LogP contribution in [0.5, 0.6) is 0 Å². The number of furan rings is 1. The fourth-order valence-electron chi connectivity index (χ4n) is 2.48. The molecule has 0 unspecified atom stereocenters. The van der Waals surface area contributed by atoms with Gasteiger partial charge in [0.15, 0.2) is 10.9 Å². The summed E-state index contributed by atoms with van der Waals surface area (Å²) < 4.78 is 5.41. The first kappa shape index (κ1) is 16.9. The molecule has 27 heavy (non-hydrogen) atoms. The molecule has 0 atom stereocenters. The Morgan fingerprint density at radius 1 is 0.963 bits per heavy atom. The lowest BCUT2D eigenvalue weighted by atomic mass is 10.1. The van der Waals surface area contributed by atoms with Crippen LogP contribution in [0.25, 0.3) is 11.5 Å². The SMILES string of the molecule is O=C(Nc1nc(-c2ccco2)c(C(=O)c2ccccn2)s1)c1ccccc1. The van der Waals surface area contributed by atoms with Crippen LogP contribution in [-0.4, -0.2) is 21.7 Å². The lowest BCUT2D eigenvalue weighted by Crippen LogP contribution is -2.11. The largest absolute Gasteiger partial charge is 0.463 e. The molecule has 0 saturated heterocycles. The van der Waals surface area contributed by atoms with Crippen molar-refractivity contribution in [3.63, 3.8) is 0 Å². The lowest BCUT2D eigenvalue weighted by molar-refractivity contribution is 0.102. The Balaban J connectivity index is 1.70. The number of aromatic nitrogens is 2. The first-order valence-corrected chi connectivity index (χ1v) is 8.91. The molecule has 4 rings (SSSR count). The summed E-state index contributed by atoms with van der Waals surface area (Å²) in [6.45, 7) is 0. The average Bonchev–Trinajstić information content (AvgIpc) is 3.38. The van der Waals surface area contributed by atoms with E-state index in [0.717, 1.165) is 11.3 Å². The Morgan fingerprint density at radius 2 is 1.78 bits per heavy atom. The number of benzene rings is 1. The molecule has 3 aromatic heterocycles. The molecule has 1 amide bonds. The van der Waals surface area contributed by atoms with E-state index in [2.05, 4.69) is 15.3 Å². The van der Waals surface area contributed by atoms with Crippen LogP contribution >= 0.6 is 11.3 Å². The Labute approximate surface area is 158 Å². The van der Waals surface area contributed by atoms with Gasteiger partial charge in [0.1, 0.15) is 16.3 Å². The minimum absolute atomic E-state index is 0.278. The van der Waals surface area contributed by atoms with E-state index >= 15 is 0 Å². The van der Waals surface area contributed by atoms with Gasteiger partial charge in [-0.3, -0.25) is 19.9 Å². The number of anilines is 1. The van der Waals surface area contributed by atoms with Crippen molar-refractivity contribution in [2.24, 2.45) is 0 Å². The molecule has 0 aliphatic carbocycles. The summed E-state index contributed by atoms with van der Waals surface area (Å²) in [6, 6.07) is 17.3. The van der Waals surface area contributed by atoms with Crippen molar-refractivity contribution in [3.8, 4) is 11.5 Å². The Hall–Kier alpha value is -3.58. The number of pyridine rings is 1. The first-order chi connectivity index (χ1) is 13.2. The molecule has 6 nitrogen and oxygen atoms in total. The fourth-order valence-corrected chi connectivity index (χ4v) is 3.39. The second-order valence-corrected chi connectivity index (χ2v) is 6.54. The molecule has 1 aromatic carbocycles. The van der Waals surface area contributed by atoms with Crippen molar-refractivity contribution in [1.29, 1.82) is 0 Å². The van der Waals surface area contributed by atoms with Crippen molar-refractivity contribution in [2.45, 2.75) is 0 Å². The van der Waals surface area contributed by atoms with Gasteiger partial charge in [0.05, 0.1) is 6.26 Å². The van der Waals surface area contributed by atoms with E-state index in [0.29, 0.717) is 32.7 Å². The predicted octanol–water partition coefficient (Wildman–Crippen LogP) is 4.28. The molecule has 132 valence electrons. The van der Waals surface area contributed by atoms with E-state index < -0.39 is 0 Å². The molecule has 0 spiro atoms. The van der Waals surface area contributed by atoms with Gasteiger partial charge in [-0.2, -0.15) is 0 Å². The molecule has 0 saturated carbocycles. The van der Waals surface area contributed by atoms with E-state index in [-0.39, 0.29) is 11.7 Å². The number of thiazole rings is 1. The normalized spacial score (nSPS) is 10.5. The van der Waals surface area contributed by atoms with Gasteiger partial charge in [0.25, 0.3) is 5.91 Å². The number of carbonyl (C=O) groups is 2. The maximum absolute atomic E-state index is 12.9. The van der Waals surface area contributed by atoms with E-state index in [1.165, 1.54) is 6.26 Å². The van der Waals surface area contributed by atoms with Crippen molar-refractivity contribution >= 4 is 28.2 Å². The Bertz CT molecular complexity index is 1070. The molecule has 0 radical (unpaired) electrons. The number of hydrogen-bond donors (Lipinski definition) is 1. The summed E-state index contributed by atoms with van der Waals surface area (Å²) in [7, 11) is 0. The van der Waals surface area contributed by atoms with Crippen LogP contribution < -0.4 is 5.32 Å². The van der Waals surface area contributed by atoms with Crippen molar-refractivity contribution in [3.05, 3.63) is 89.3 Å². The maximum Gasteiger partial charge on any atom is 0.257 e. The highest BCUT2D eigenvalue weighted by atomic mass is 32.1. The number of ketones is 1. The van der Waals surface area contributed by atoms with Crippen molar-refractivity contribution < 1.29 is 14.0 Å². The lowest BCUT2D eigenvalue weighted by Gasteiger charge is -2.00. The third-order valence-electron chi connectivity index (χ3n) is 3.74. The third-order valence-corrected chi connectivity index (χ3v) is 4.71. The quantitative estimate of drug-likeness (QED) is 0.526. The van der Waals surface area contributed by atoms with Gasteiger partial charge in [-0.05, 0) is 36.4 Å². The smallest absolute Gasteiger partial charge is 0.257 e. The molecule has 7 heteroatoms. The van der Waals surface area contributed by atoms with Crippen LogP contribution in [0.15, 0.2) is 77.5 Å². The summed E-state index contributed by atoms with van der Waals surface area (Å²) in [6.07, 6.45) is 3.06. The Morgan fingerprint density at radius 3 is 2.48 bits per heavy atom. The highest BCUT2D eigenvalue weighted by Crippen LogP contribution is 2.33. The first-order valence-electron chi connectivity index (χ1n) is 8.09. The van der Waals surface area contributed by atoms with Crippen LogP contribution in [0.3, 0.4) is 0 Å². The van der Waals surface area contributed by atoms with Crippen LogP contribution in [0.1, 0.15) is 25.7 Å². The Kier molecular flexibility index (Phi) is 4.59. The highest BCUT2D eigenvalue weighted by Gasteiger charge is 2.24. The van der Waals surface area contributed by atoms with Crippen molar-refractivity contribution in [1.82, 2.24) is 9.97 Å². The summed E-state index contributed by atoms with van der Waals surface area (Å²) in [5, 5.41) is 3.06. The summed E-state index contributed by atoms with van der Waals surface area (Å²) >= 11 is 1.09. The monoisotopic (exact) mass is 375 g/mol. The van der Waals surface area contributed by atoms with Gasteiger partial charge in [-0.25, -0.2) is 4.98 Å². The van der Waals surface area contributed by atoms with Gasteiger partial charge in [0.2, 0.25) is 5.78 Å². The molecule has 1 N–H and O–H groups in total. The van der Waals surface area contributed by atoms with E-state index in [1.807, 2.05) is 6.07 Å². The van der Waals surface area contributed by atoms with Gasteiger partial charge in [-0.15, -0.1) is 0 Å². The van der Waals surface area contributed by atoms with Crippen LogP contribution in [-0.2, 0) is 0 Å². The molecule has 0 fully saturated rings. The van der Waals surface area contributed by atoms with Gasteiger partial charge >= 0.3 is 0 Å². The van der Waals surface area contributed by atoms with Crippen molar-refractivity contribution in [2.75, 3.05) is 5.32 Å². The van der Waals surface area contributed by atoms with E-state index in [1.54, 1.807) is 60.8 Å². The van der Waals surface area contributed by atoms with E-state index in [4.69, 9.17) is 4.42 Å². The zero-order valence-electron chi connectivity index (χ0n) is 14.0. The van der Waals surface area contributed by atoms with Gasteiger partial charge in [-0.1, -0.05) is 35.6 Å². The summed E-state index contributed by atoms with van der Waals surface area (Å²) in [5.74, 6) is -0.127. The number of rotatable bonds is 5. The van der Waals surface area contributed by atoms with Crippen LogP contribution in [0.2, 0.25) is 0 Å². The zero-order chi connectivity index (χ0) is 18.6. The second-order valence-electron chi connectivity index (χ2n) is 5.54. The number of nitrogens with zero attached hydrogens (tertiary/aromatic N) is 2. The number of amides is 1. The topological polar surface area (TPSA) is 85.1 Å². The molecule has 4 aromatic rings. The standard InChI is InChI=1S/C20H13N3O3S/c24-17(14-9-4-5-11-21-14)18-16(15-10-6-12-26-15)22-20(27-18)23-19(25)13-7-2-1-3-8-13/h1-12H,(H,22,23,25). The summed E-state index contributed by atoms with van der Waals surface area (Å²) in [4.78, 5) is 34.2.